The van der Waals surface area contributed by atoms with Crippen LogP contribution in [-0.4, -0.2) is 42.0 Å². The Morgan fingerprint density at radius 1 is 0.968 bits per heavy atom. The van der Waals surface area contributed by atoms with E-state index >= 15 is 0 Å². The minimum absolute atomic E-state index is 0.0775. The number of hydrogen-bond donors (Lipinski definition) is 0. The summed E-state index contributed by atoms with van der Waals surface area (Å²) in [5.41, 5.74) is -0.315. The SMILES string of the molecule is COC(=O)c1c(-c2cc(F)c(OC(C)C)c(F)c2)nn(-c2ccccc2)c1C(=O)OC. The topological polar surface area (TPSA) is 79.7 Å². The summed E-state index contributed by atoms with van der Waals surface area (Å²) in [6, 6.07) is 10.4. The van der Waals surface area contributed by atoms with Gasteiger partial charge in [-0.25, -0.2) is 23.1 Å². The van der Waals surface area contributed by atoms with E-state index in [1.165, 1.54) is 4.68 Å². The van der Waals surface area contributed by atoms with Crippen molar-refractivity contribution in [2.45, 2.75) is 20.0 Å². The standard InChI is InChI=1S/C22H20F2N2O5/c1-12(2)31-20-15(23)10-13(11-16(20)24)18-17(21(27)29-3)19(22(28)30-4)26(25-18)14-8-6-5-7-9-14/h5-12H,1-4H3. The minimum atomic E-state index is -0.978. The van der Waals surface area contributed by atoms with Crippen molar-refractivity contribution in [1.29, 1.82) is 0 Å². The maximum Gasteiger partial charge on any atom is 0.357 e. The number of ether oxygens (including phenoxy) is 3. The Morgan fingerprint density at radius 2 is 1.55 bits per heavy atom. The van der Waals surface area contributed by atoms with Gasteiger partial charge in [-0.1, -0.05) is 18.2 Å². The third kappa shape index (κ3) is 4.25. The second-order valence-corrected chi connectivity index (χ2v) is 6.74. The van der Waals surface area contributed by atoms with Crippen molar-refractivity contribution < 1.29 is 32.6 Å². The molecule has 162 valence electrons. The van der Waals surface area contributed by atoms with E-state index in [0.29, 0.717) is 5.69 Å². The molecule has 3 aromatic rings. The Bertz CT molecular complexity index is 1100. The van der Waals surface area contributed by atoms with Gasteiger partial charge in [-0.2, -0.15) is 5.10 Å². The van der Waals surface area contributed by atoms with Crippen LogP contribution >= 0.6 is 0 Å². The third-order valence-corrected chi connectivity index (χ3v) is 4.28. The van der Waals surface area contributed by atoms with Gasteiger partial charge >= 0.3 is 11.9 Å². The molecule has 0 bridgehead atoms. The van der Waals surface area contributed by atoms with Gasteiger partial charge in [-0.15, -0.1) is 0 Å². The van der Waals surface area contributed by atoms with E-state index in [2.05, 4.69) is 5.10 Å². The molecule has 2 aromatic carbocycles. The first kappa shape index (κ1) is 21.9. The van der Waals surface area contributed by atoms with E-state index in [9.17, 15) is 18.4 Å². The van der Waals surface area contributed by atoms with Crippen LogP contribution in [0.3, 0.4) is 0 Å². The first-order valence-electron chi connectivity index (χ1n) is 9.29. The number of esters is 2. The lowest BCUT2D eigenvalue weighted by molar-refractivity contribution is 0.0549. The molecule has 7 nitrogen and oxygen atoms in total. The molecule has 0 fully saturated rings. The molecule has 1 aromatic heterocycles. The molecular weight excluding hydrogens is 410 g/mol. The predicted octanol–water partition coefficient (Wildman–Crippen LogP) is 4.18. The molecule has 0 aliphatic carbocycles. The summed E-state index contributed by atoms with van der Waals surface area (Å²) >= 11 is 0. The first-order chi connectivity index (χ1) is 14.8. The molecule has 3 rings (SSSR count). The van der Waals surface area contributed by atoms with Crippen LogP contribution < -0.4 is 4.74 Å². The number of benzene rings is 2. The maximum atomic E-state index is 14.6. The van der Waals surface area contributed by atoms with Crippen LogP contribution in [0.1, 0.15) is 34.7 Å². The van der Waals surface area contributed by atoms with Crippen molar-refractivity contribution in [3.63, 3.8) is 0 Å². The highest BCUT2D eigenvalue weighted by Crippen LogP contribution is 2.33. The fourth-order valence-electron chi connectivity index (χ4n) is 3.00. The van der Waals surface area contributed by atoms with E-state index in [4.69, 9.17) is 14.2 Å². The average molecular weight is 430 g/mol. The van der Waals surface area contributed by atoms with Gasteiger partial charge in [0, 0.05) is 5.56 Å². The highest BCUT2D eigenvalue weighted by molar-refractivity contribution is 6.06. The number of aromatic nitrogens is 2. The van der Waals surface area contributed by atoms with Crippen LogP contribution in [0, 0.1) is 11.6 Å². The summed E-state index contributed by atoms with van der Waals surface area (Å²) in [5, 5.41) is 4.30. The number of hydrogen-bond acceptors (Lipinski definition) is 6. The molecule has 0 saturated carbocycles. The van der Waals surface area contributed by atoms with Crippen LogP contribution in [0.15, 0.2) is 42.5 Å². The van der Waals surface area contributed by atoms with Gasteiger partial charge < -0.3 is 14.2 Å². The lowest BCUT2D eigenvalue weighted by Gasteiger charge is -2.12. The highest BCUT2D eigenvalue weighted by atomic mass is 19.1. The van der Waals surface area contributed by atoms with Crippen molar-refractivity contribution in [3.8, 4) is 22.7 Å². The monoisotopic (exact) mass is 430 g/mol. The highest BCUT2D eigenvalue weighted by Gasteiger charge is 2.32. The maximum absolute atomic E-state index is 14.6. The normalized spacial score (nSPS) is 10.8. The van der Waals surface area contributed by atoms with Crippen LogP contribution in [0.25, 0.3) is 16.9 Å². The number of halogens is 2. The zero-order valence-electron chi connectivity index (χ0n) is 17.3. The molecule has 31 heavy (non-hydrogen) atoms. The van der Waals surface area contributed by atoms with Crippen molar-refractivity contribution in [3.05, 3.63) is 65.4 Å². The molecular formula is C22H20F2N2O5. The number of nitrogens with zero attached hydrogens (tertiary/aromatic N) is 2. The van der Waals surface area contributed by atoms with Crippen LogP contribution in [-0.2, 0) is 9.47 Å². The molecule has 0 amide bonds. The first-order valence-corrected chi connectivity index (χ1v) is 9.29. The number of para-hydroxylation sites is 1. The van der Waals surface area contributed by atoms with E-state index < -0.39 is 35.4 Å². The molecule has 1 heterocycles. The number of methoxy groups -OCH3 is 2. The van der Waals surface area contributed by atoms with Gasteiger partial charge in [0.1, 0.15) is 11.3 Å². The van der Waals surface area contributed by atoms with Gasteiger partial charge in [-0.3, -0.25) is 0 Å². The summed E-state index contributed by atoms with van der Waals surface area (Å²) in [5.74, 6) is -4.29. The van der Waals surface area contributed by atoms with Crippen molar-refractivity contribution in [1.82, 2.24) is 9.78 Å². The number of carbonyl (C=O) groups is 2. The predicted molar refractivity (Wildman–Crippen MR) is 107 cm³/mol. The zero-order chi connectivity index (χ0) is 22.7. The quantitative estimate of drug-likeness (QED) is 0.546. The van der Waals surface area contributed by atoms with Gasteiger partial charge in [0.25, 0.3) is 0 Å². The minimum Gasteiger partial charge on any atom is -0.485 e. The second kappa shape index (κ2) is 8.95. The summed E-state index contributed by atoms with van der Waals surface area (Å²) in [6.45, 7) is 3.26. The lowest BCUT2D eigenvalue weighted by atomic mass is 10.0. The Balaban J connectivity index is 2.31. The van der Waals surface area contributed by atoms with Crippen LogP contribution in [0.4, 0.5) is 8.78 Å². The smallest absolute Gasteiger partial charge is 0.357 e. The molecule has 0 atom stereocenters. The summed E-state index contributed by atoms with van der Waals surface area (Å²) in [6.07, 6.45) is -0.455. The molecule has 0 aliphatic heterocycles. The van der Waals surface area contributed by atoms with Gasteiger partial charge in [0.2, 0.25) is 0 Å². The van der Waals surface area contributed by atoms with Crippen molar-refractivity contribution in [2.75, 3.05) is 14.2 Å². The van der Waals surface area contributed by atoms with Crippen molar-refractivity contribution >= 4 is 11.9 Å². The lowest BCUT2D eigenvalue weighted by Crippen LogP contribution is -2.15. The Hall–Kier alpha value is -3.75. The fourth-order valence-corrected chi connectivity index (χ4v) is 3.00. The molecule has 0 aliphatic rings. The Labute approximate surface area is 177 Å². The Morgan fingerprint density at radius 3 is 2.06 bits per heavy atom. The van der Waals surface area contributed by atoms with Gasteiger partial charge in [-0.05, 0) is 38.1 Å². The second-order valence-electron chi connectivity index (χ2n) is 6.74. The van der Waals surface area contributed by atoms with Gasteiger partial charge in [0.05, 0.1) is 26.0 Å². The molecule has 9 heteroatoms. The van der Waals surface area contributed by atoms with Gasteiger partial charge in [0.15, 0.2) is 23.1 Å². The molecule has 0 radical (unpaired) electrons. The largest absolute Gasteiger partial charge is 0.485 e. The summed E-state index contributed by atoms with van der Waals surface area (Å²) in [4.78, 5) is 25.1. The zero-order valence-corrected chi connectivity index (χ0v) is 17.3. The fraction of sp³-hybridized carbons (Fsp3) is 0.227. The number of rotatable bonds is 6. The van der Waals surface area contributed by atoms with E-state index in [1.54, 1.807) is 44.2 Å². The summed E-state index contributed by atoms with van der Waals surface area (Å²) in [7, 11) is 2.26. The van der Waals surface area contributed by atoms with E-state index in [-0.39, 0.29) is 22.5 Å². The number of carbonyl (C=O) groups excluding carboxylic acids is 2. The van der Waals surface area contributed by atoms with E-state index in [0.717, 1.165) is 26.4 Å². The molecule has 0 unspecified atom stereocenters. The van der Waals surface area contributed by atoms with Crippen molar-refractivity contribution in [2.24, 2.45) is 0 Å². The van der Waals surface area contributed by atoms with Crippen LogP contribution in [0.5, 0.6) is 5.75 Å². The summed E-state index contributed by atoms with van der Waals surface area (Å²) < 4.78 is 45.2. The molecule has 0 N–H and O–H groups in total. The van der Waals surface area contributed by atoms with Crippen LogP contribution in [0.2, 0.25) is 0 Å². The third-order valence-electron chi connectivity index (χ3n) is 4.28. The Kier molecular flexibility index (Phi) is 6.33. The molecule has 0 spiro atoms. The van der Waals surface area contributed by atoms with E-state index in [1.807, 2.05) is 0 Å². The average Bonchev–Trinajstić information content (AvgIpc) is 3.16. The molecule has 0 saturated heterocycles.